The van der Waals surface area contributed by atoms with Gasteiger partial charge in [0.2, 0.25) is 0 Å². The van der Waals surface area contributed by atoms with Crippen LogP contribution in [-0.4, -0.2) is 9.55 Å². The normalized spacial score (nSPS) is 11.2. The van der Waals surface area contributed by atoms with Crippen LogP contribution >= 0.6 is 0 Å². The molecule has 4 heteroatoms. The van der Waals surface area contributed by atoms with Crippen LogP contribution in [0.2, 0.25) is 0 Å². The van der Waals surface area contributed by atoms with E-state index in [1.54, 1.807) is 10.6 Å². The average molecular weight is 275 g/mol. The van der Waals surface area contributed by atoms with Crippen LogP contribution in [0.1, 0.15) is 0 Å². The second kappa shape index (κ2) is 4.24. The van der Waals surface area contributed by atoms with E-state index < -0.39 is 0 Å². The molecule has 0 bridgehead atoms. The number of anilines is 1. The fourth-order valence-electron chi connectivity index (χ4n) is 2.76. The highest BCUT2D eigenvalue weighted by molar-refractivity contribution is 5.92. The van der Waals surface area contributed by atoms with Crippen LogP contribution in [0.4, 0.5) is 5.69 Å². The Morgan fingerprint density at radius 1 is 0.952 bits per heavy atom. The average Bonchev–Trinajstić information content (AvgIpc) is 2.82. The van der Waals surface area contributed by atoms with Crippen LogP contribution in [-0.2, 0) is 0 Å². The summed E-state index contributed by atoms with van der Waals surface area (Å²) in [6, 6.07) is 19.4. The summed E-state index contributed by atoms with van der Waals surface area (Å²) in [5, 5.41) is 2.13. The SMILES string of the molecule is Nc1ccc2[nH]c(=O)n(-c3cccc4ccccc34)c2c1. The molecule has 3 N–H and O–H groups in total. The number of nitrogen functional groups attached to an aromatic ring is 1. The lowest BCUT2D eigenvalue weighted by molar-refractivity contribution is 1.03. The molecule has 0 aliphatic rings. The quantitative estimate of drug-likeness (QED) is 0.524. The van der Waals surface area contributed by atoms with Crippen molar-refractivity contribution < 1.29 is 0 Å². The molecule has 0 aliphatic heterocycles. The largest absolute Gasteiger partial charge is 0.399 e. The molecule has 0 amide bonds. The molecule has 0 spiro atoms. The number of hydrogen-bond donors (Lipinski definition) is 2. The Morgan fingerprint density at radius 3 is 2.67 bits per heavy atom. The third-order valence-electron chi connectivity index (χ3n) is 3.71. The zero-order valence-electron chi connectivity index (χ0n) is 11.2. The van der Waals surface area contributed by atoms with Gasteiger partial charge >= 0.3 is 5.69 Å². The van der Waals surface area contributed by atoms with Gasteiger partial charge in [0.15, 0.2) is 0 Å². The molecule has 102 valence electrons. The van der Waals surface area contributed by atoms with Gasteiger partial charge in [0.25, 0.3) is 0 Å². The third-order valence-corrected chi connectivity index (χ3v) is 3.71. The molecule has 0 saturated carbocycles. The number of hydrogen-bond acceptors (Lipinski definition) is 2. The monoisotopic (exact) mass is 275 g/mol. The van der Waals surface area contributed by atoms with Gasteiger partial charge in [-0.15, -0.1) is 0 Å². The second-order valence-electron chi connectivity index (χ2n) is 5.04. The van der Waals surface area contributed by atoms with Crippen molar-refractivity contribution in [1.82, 2.24) is 9.55 Å². The van der Waals surface area contributed by atoms with E-state index in [-0.39, 0.29) is 5.69 Å². The van der Waals surface area contributed by atoms with E-state index in [0.717, 1.165) is 27.5 Å². The minimum Gasteiger partial charge on any atom is -0.399 e. The van der Waals surface area contributed by atoms with Gasteiger partial charge in [-0.25, -0.2) is 4.79 Å². The second-order valence-corrected chi connectivity index (χ2v) is 5.04. The molecule has 0 radical (unpaired) electrons. The third kappa shape index (κ3) is 1.73. The predicted molar refractivity (Wildman–Crippen MR) is 85.8 cm³/mol. The van der Waals surface area contributed by atoms with Crippen molar-refractivity contribution in [2.45, 2.75) is 0 Å². The number of benzene rings is 3. The summed E-state index contributed by atoms with van der Waals surface area (Å²) >= 11 is 0. The van der Waals surface area contributed by atoms with Gasteiger partial charge in [-0.2, -0.15) is 0 Å². The lowest BCUT2D eigenvalue weighted by Crippen LogP contribution is -2.14. The highest BCUT2D eigenvalue weighted by Gasteiger charge is 2.11. The number of fused-ring (bicyclic) bond motifs is 2. The van der Waals surface area contributed by atoms with E-state index >= 15 is 0 Å². The number of H-pyrrole nitrogens is 1. The molecule has 0 aliphatic carbocycles. The van der Waals surface area contributed by atoms with Crippen LogP contribution in [0.25, 0.3) is 27.5 Å². The molecule has 3 aromatic carbocycles. The summed E-state index contributed by atoms with van der Waals surface area (Å²) in [5.74, 6) is 0. The number of aromatic amines is 1. The van der Waals surface area contributed by atoms with Crippen LogP contribution in [0, 0.1) is 0 Å². The number of nitrogens with one attached hydrogen (secondary N) is 1. The first-order chi connectivity index (χ1) is 10.2. The Morgan fingerprint density at radius 2 is 1.76 bits per heavy atom. The maximum absolute atomic E-state index is 12.4. The molecule has 0 atom stereocenters. The molecule has 4 nitrogen and oxygen atoms in total. The minimum absolute atomic E-state index is 0.160. The summed E-state index contributed by atoms with van der Waals surface area (Å²) in [7, 11) is 0. The van der Waals surface area contributed by atoms with Gasteiger partial charge in [-0.1, -0.05) is 36.4 Å². The van der Waals surface area contributed by atoms with Gasteiger partial charge in [0, 0.05) is 11.1 Å². The van der Waals surface area contributed by atoms with Gasteiger partial charge < -0.3 is 10.7 Å². The Hall–Kier alpha value is -3.01. The zero-order chi connectivity index (χ0) is 14.4. The van der Waals surface area contributed by atoms with Crippen molar-refractivity contribution in [3.05, 3.63) is 71.1 Å². The molecule has 21 heavy (non-hydrogen) atoms. The van der Waals surface area contributed by atoms with Crippen molar-refractivity contribution in [1.29, 1.82) is 0 Å². The topological polar surface area (TPSA) is 63.8 Å². The molecular formula is C17H13N3O. The highest BCUT2D eigenvalue weighted by Crippen LogP contribution is 2.24. The predicted octanol–water partition coefficient (Wildman–Crippen LogP) is 3.05. The van der Waals surface area contributed by atoms with Crippen LogP contribution in [0.3, 0.4) is 0 Å². The van der Waals surface area contributed by atoms with Crippen molar-refractivity contribution in [2.24, 2.45) is 0 Å². The molecule has 0 saturated heterocycles. The molecular weight excluding hydrogens is 262 g/mol. The first-order valence-electron chi connectivity index (χ1n) is 6.72. The van der Waals surface area contributed by atoms with E-state index in [0.29, 0.717) is 5.69 Å². The maximum Gasteiger partial charge on any atom is 0.331 e. The van der Waals surface area contributed by atoms with Crippen molar-refractivity contribution in [3.8, 4) is 5.69 Å². The number of aromatic nitrogens is 2. The number of nitrogens with two attached hydrogens (primary N) is 1. The molecule has 1 aromatic heterocycles. The summed E-state index contributed by atoms with van der Waals surface area (Å²) in [6.45, 7) is 0. The number of nitrogens with zero attached hydrogens (tertiary/aromatic N) is 1. The van der Waals surface area contributed by atoms with Crippen LogP contribution in [0.5, 0.6) is 0 Å². The van der Waals surface area contributed by atoms with Crippen molar-refractivity contribution >= 4 is 27.5 Å². The van der Waals surface area contributed by atoms with E-state index in [2.05, 4.69) is 4.98 Å². The smallest absolute Gasteiger partial charge is 0.331 e. The standard InChI is InChI=1S/C17H13N3O/c18-12-8-9-14-16(10-12)20(17(21)19-14)15-7-3-5-11-4-1-2-6-13(11)15/h1-10H,18H2,(H,19,21). The number of imidazole rings is 1. The Labute approximate surface area is 120 Å². The molecule has 1 heterocycles. The Balaban J connectivity index is 2.16. The van der Waals surface area contributed by atoms with Gasteiger partial charge in [0.05, 0.1) is 16.7 Å². The summed E-state index contributed by atoms with van der Waals surface area (Å²) < 4.78 is 1.67. The molecule has 4 aromatic rings. The summed E-state index contributed by atoms with van der Waals surface area (Å²) in [4.78, 5) is 15.2. The van der Waals surface area contributed by atoms with Crippen molar-refractivity contribution in [3.63, 3.8) is 0 Å². The first-order valence-corrected chi connectivity index (χ1v) is 6.72. The van der Waals surface area contributed by atoms with Crippen LogP contribution in [0.15, 0.2) is 65.5 Å². The molecule has 4 rings (SSSR count). The van der Waals surface area contributed by atoms with E-state index in [1.807, 2.05) is 54.6 Å². The Kier molecular flexibility index (Phi) is 2.38. The summed E-state index contributed by atoms with van der Waals surface area (Å²) in [5.41, 5.74) is 8.76. The zero-order valence-corrected chi connectivity index (χ0v) is 11.2. The maximum atomic E-state index is 12.4. The van der Waals surface area contributed by atoms with Gasteiger partial charge in [-0.05, 0) is 29.7 Å². The highest BCUT2D eigenvalue weighted by atomic mass is 16.1. The van der Waals surface area contributed by atoms with Crippen molar-refractivity contribution in [2.75, 3.05) is 5.73 Å². The van der Waals surface area contributed by atoms with E-state index in [1.165, 1.54) is 0 Å². The van der Waals surface area contributed by atoms with Gasteiger partial charge in [-0.3, -0.25) is 4.57 Å². The molecule has 0 fully saturated rings. The van der Waals surface area contributed by atoms with Gasteiger partial charge in [0.1, 0.15) is 0 Å². The fraction of sp³-hybridized carbons (Fsp3) is 0. The summed E-state index contributed by atoms with van der Waals surface area (Å²) in [6.07, 6.45) is 0. The number of rotatable bonds is 1. The lowest BCUT2D eigenvalue weighted by Gasteiger charge is -2.08. The van der Waals surface area contributed by atoms with E-state index in [4.69, 9.17) is 5.73 Å². The lowest BCUT2D eigenvalue weighted by atomic mass is 10.1. The fourth-order valence-corrected chi connectivity index (χ4v) is 2.76. The van der Waals surface area contributed by atoms with Crippen LogP contribution < -0.4 is 11.4 Å². The first kappa shape index (κ1) is 11.8. The minimum atomic E-state index is -0.160. The van der Waals surface area contributed by atoms with E-state index in [9.17, 15) is 4.79 Å². The Bertz CT molecular complexity index is 1020. The molecule has 0 unspecified atom stereocenters.